The molecule has 4 nitrogen and oxygen atoms in total. The maximum Gasteiger partial charge on any atom is 0.303 e. The molecular weight excluding hydrogens is 364 g/mol. The fourth-order valence-corrected chi connectivity index (χ4v) is 3.35. The molecule has 0 aliphatic heterocycles. The van der Waals surface area contributed by atoms with Crippen molar-refractivity contribution in [2.24, 2.45) is 0 Å². The van der Waals surface area contributed by atoms with E-state index in [9.17, 15) is 9.59 Å². The lowest BCUT2D eigenvalue weighted by atomic mass is 9.85. The van der Waals surface area contributed by atoms with Crippen LogP contribution in [0.25, 0.3) is 0 Å². The van der Waals surface area contributed by atoms with Crippen LogP contribution < -0.4 is 4.74 Å². The molecule has 148 valence electrons. The lowest BCUT2D eigenvalue weighted by Gasteiger charge is -2.18. The molecule has 0 aliphatic rings. The van der Waals surface area contributed by atoms with E-state index in [0.29, 0.717) is 17.9 Å². The van der Waals surface area contributed by atoms with Crippen molar-refractivity contribution in [3.63, 3.8) is 0 Å². The highest BCUT2D eigenvalue weighted by Crippen LogP contribution is 2.29. The van der Waals surface area contributed by atoms with Gasteiger partial charge in [0.1, 0.15) is 12.4 Å². The summed E-state index contributed by atoms with van der Waals surface area (Å²) in [6, 6.07) is 24.5. The Kier molecular flexibility index (Phi) is 6.80. The zero-order chi connectivity index (χ0) is 20.6. The van der Waals surface area contributed by atoms with Crippen LogP contribution in [-0.2, 0) is 11.4 Å². The Morgan fingerprint density at radius 2 is 1.66 bits per heavy atom. The molecule has 1 N–H and O–H groups in total. The van der Waals surface area contributed by atoms with Gasteiger partial charge in [-0.3, -0.25) is 9.59 Å². The van der Waals surface area contributed by atoms with Gasteiger partial charge in [-0.15, -0.1) is 0 Å². The number of rotatable bonds is 9. The molecule has 0 aliphatic carbocycles. The molecule has 0 fully saturated rings. The number of carboxylic acid groups (broad SMARTS) is 1. The van der Waals surface area contributed by atoms with E-state index in [1.165, 1.54) is 0 Å². The van der Waals surface area contributed by atoms with E-state index in [-0.39, 0.29) is 18.6 Å². The van der Waals surface area contributed by atoms with Gasteiger partial charge in [-0.2, -0.15) is 0 Å². The number of ether oxygens (including phenoxy) is 1. The van der Waals surface area contributed by atoms with Crippen LogP contribution in [0.2, 0.25) is 0 Å². The van der Waals surface area contributed by atoms with Crippen LogP contribution in [0.3, 0.4) is 0 Å². The van der Waals surface area contributed by atoms with E-state index in [2.05, 4.69) is 0 Å². The minimum Gasteiger partial charge on any atom is -0.489 e. The molecule has 0 saturated heterocycles. The number of carboxylic acids is 1. The summed E-state index contributed by atoms with van der Waals surface area (Å²) in [5.41, 5.74) is 3.42. The van der Waals surface area contributed by atoms with Crippen molar-refractivity contribution < 1.29 is 19.4 Å². The molecule has 3 aromatic carbocycles. The monoisotopic (exact) mass is 388 g/mol. The maximum absolute atomic E-state index is 13.3. The minimum atomic E-state index is -0.906. The number of Topliss-reactive ketones (excluding diaryl/α,β-unsaturated/α-hetero) is 1. The summed E-state index contributed by atoms with van der Waals surface area (Å²) in [5, 5.41) is 9.12. The van der Waals surface area contributed by atoms with Crippen molar-refractivity contribution in [3.8, 4) is 5.75 Å². The maximum atomic E-state index is 13.3. The standard InChI is InChI=1S/C25H24O4/c1-18-8-5-6-13-22(18)23(14-15-24(26)27)25(28)20-11-7-12-21(16-20)29-17-19-9-3-2-4-10-19/h2-13,16,23H,14-15,17H2,1H3,(H,26,27)/t23-/m1/s1. The number of carbonyl (C=O) groups excluding carboxylic acids is 1. The molecule has 0 unspecified atom stereocenters. The molecule has 0 spiro atoms. The average molecular weight is 388 g/mol. The Hall–Kier alpha value is -3.40. The lowest BCUT2D eigenvalue weighted by Crippen LogP contribution is -2.16. The lowest BCUT2D eigenvalue weighted by molar-refractivity contribution is -0.137. The van der Waals surface area contributed by atoms with Gasteiger partial charge in [-0.25, -0.2) is 0 Å². The summed E-state index contributed by atoms with van der Waals surface area (Å²) in [5.74, 6) is -0.889. The third-order valence-corrected chi connectivity index (χ3v) is 4.89. The van der Waals surface area contributed by atoms with Gasteiger partial charge >= 0.3 is 5.97 Å². The van der Waals surface area contributed by atoms with Crippen LogP contribution in [0.1, 0.15) is 45.8 Å². The molecule has 0 saturated carbocycles. The Morgan fingerprint density at radius 1 is 0.931 bits per heavy atom. The van der Waals surface area contributed by atoms with Crippen LogP contribution >= 0.6 is 0 Å². The first kappa shape index (κ1) is 20.3. The number of aliphatic carboxylic acids is 1. The topological polar surface area (TPSA) is 63.6 Å². The van der Waals surface area contributed by atoms with Gasteiger partial charge in [0.25, 0.3) is 0 Å². The van der Waals surface area contributed by atoms with Gasteiger partial charge in [0.2, 0.25) is 0 Å². The summed E-state index contributed by atoms with van der Waals surface area (Å²) >= 11 is 0. The van der Waals surface area contributed by atoms with Crippen LogP contribution in [0.5, 0.6) is 5.75 Å². The Labute approximate surface area is 170 Å². The fourth-order valence-electron chi connectivity index (χ4n) is 3.35. The molecule has 3 rings (SSSR count). The van der Waals surface area contributed by atoms with E-state index in [4.69, 9.17) is 9.84 Å². The summed E-state index contributed by atoms with van der Waals surface area (Å²) in [6.45, 7) is 2.36. The number of hydrogen-bond donors (Lipinski definition) is 1. The molecule has 0 amide bonds. The molecule has 4 heteroatoms. The Morgan fingerprint density at radius 3 is 2.38 bits per heavy atom. The first-order valence-electron chi connectivity index (χ1n) is 9.63. The van der Waals surface area contributed by atoms with Crippen molar-refractivity contribution in [1.82, 2.24) is 0 Å². The normalized spacial score (nSPS) is 11.6. The Balaban J connectivity index is 1.81. The van der Waals surface area contributed by atoms with Crippen molar-refractivity contribution in [3.05, 3.63) is 101 Å². The van der Waals surface area contributed by atoms with E-state index in [1.807, 2.05) is 67.6 Å². The van der Waals surface area contributed by atoms with Gasteiger partial charge in [0, 0.05) is 17.9 Å². The molecule has 0 bridgehead atoms. The first-order valence-corrected chi connectivity index (χ1v) is 9.63. The van der Waals surface area contributed by atoms with Crippen LogP contribution in [0, 0.1) is 6.92 Å². The molecule has 0 aromatic heterocycles. The van der Waals surface area contributed by atoms with Crippen molar-refractivity contribution in [2.75, 3.05) is 0 Å². The van der Waals surface area contributed by atoms with E-state index >= 15 is 0 Å². The van der Waals surface area contributed by atoms with E-state index in [0.717, 1.165) is 16.7 Å². The highest BCUT2D eigenvalue weighted by atomic mass is 16.5. The predicted molar refractivity (Wildman–Crippen MR) is 112 cm³/mol. The van der Waals surface area contributed by atoms with Crippen molar-refractivity contribution in [1.29, 1.82) is 0 Å². The second-order valence-electron chi connectivity index (χ2n) is 7.01. The van der Waals surface area contributed by atoms with Crippen molar-refractivity contribution >= 4 is 11.8 Å². The van der Waals surface area contributed by atoms with Crippen LogP contribution in [-0.4, -0.2) is 16.9 Å². The predicted octanol–water partition coefficient (Wildman–Crippen LogP) is 5.41. The first-order chi connectivity index (χ1) is 14.0. The minimum absolute atomic E-state index is 0.0606. The number of benzene rings is 3. The van der Waals surface area contributed by atoms with Gasteiger partial charge in [-0.1, -0.05) is 66.7 Å². The summed E-state index contributed by atoms with van der Waals surface area (Å²) in [4.78, 5) is 24.4. The average Bonchev–Trinajstić information content (AvgIpc) is 2.74. The summed E-state index contributed by atoms with van der Waals surface area (Å²) < 4.78 is 5.84. The summed E-state index contributed by atoms with van der Waals surface area (Å²) in [6.07, 6.45) is 0.197. The van der Waals surface area contributed by atoms with E-state index < -0.39 is 11.9 Å². The van der Waals surface area contributed by atoms with Gasteiger partial charge < -0.3 is 9.84 Å². The third-order valence-electron chi connectivity index (χ3n) is 4.89. The number of ketones is 1. The van der Waals surface area contributed by atoms with Gasteiger partial charge in [0.15, 0.2) is 5.78 Å². The molecule has 0 radical (unpaired) electrons. The summed E-state index contributed by atoms with van der Waals surface area (Å²) in [7, 11) is 0. The fraction of sp³-hybridized carbons (Fsp3) is 0.200. The molecule has 3 aromatic rings. The third kappa shape index (κ3) is 5.55. The molecule has 1 atom stereocenters. The van der Waals surface area contributed by atoms with E-state index in [1.54, 1.807) is 18.2 Å². The SMILES string of the molecule is Cc1ccccc1[C@@H](CCC(=O)O)C(=O)c1cccc(OCc2ccccc2)c1. The van der Waals surface area contributed by atoms with Gasteiger partial charge in [-0.05, 0) is 42.2 Å². The van der Waals surface area contributed by atoms with Crippen LogP contribution in [0.4, 0.5) is 0 Å². The molecule has 29 heavy (non-hydrogen) atoms. The number of hydrogen-bond acceptors (Lipinski definition) is 3. The number of carbonyl (C=O) groups is 2. The Bertz CT molecular complexity index is 979. The zero-order valence-electron chi connectivity index (χ0n) is 16.4. The number of aryl methyl sites for hydroxylation is 1. The quantitative estimate of drug-likeness (QED) is 0.498. The smallest absolute Gasteiger partial charge is 0.303 e. The largest absolute Gasteiger partial charge is 0.489 e. The molecular formula is C25H24O4. The van der Waals surface area contributed by atoms with Crippen LogP contribution in [0.15, 0.2) is 78.9 Å². The zero-order valence-corrected chi connectivity index (χ0v) is 16.4. The highest BCUT2D eigenvalue weighted by molar-refractivity contribution is 6.01. The molecule has 0 heterocycles. The second-order valence-corrected chi connectivity index (χ2v) is 7.01. The van der Waals surface area contributed by atoms with Crippen molar-refractivity contribution in [2.45, 2.75) is 32.3 Å². The highest BCUT2D eigenvalue weighted by Gasteiger charge is 2.24. The van der Waals surface area contributed by atoms with Gasteiger partial charge in [0.05, 0.1) is 0 Å². The second kappa shape index (κ2) is 9.69.